The maximum atomic E-state index is 13.1. The second-order valence-corrected chi connectivity index (χ2v) is 8.11. The van der Waals surface area contributed by atoms with Crippen LogP contribution < -0.4 is 5.32 Å². The van der Waals surface area contributed by atoms with Crippen LogP contribution in [0.15, 0.2) is 48.5 Å². The number of nitrogens with zero attached hydrogens (tertiary/aromatic N) is 1. The maximum Gasteiger partial charge on any atom is 0.407 e. The first-order valence-corrected chi connectivity index (χ1v) is 10.6. The first kappa shape index (κ1) is 24.2. The summed E-state index contributed by atoms with van der Waals surface area (Å²) in [6.45, 7) is 1.19. The smallest absolute Gasteiger partial charge is 0.407 e. The molecule has 0 fully saturated rings. The zero-order valence-electron chi connectivity index (χ0n) is 18.3. The van der Waals surface area contributed by atoms with Crippen molar-refractivity contribution < 1.29 is 33.0 Å². The van der Waals surface area contributed by atoms with E-state index >= 15 is 0 Å². The second-order valence-electron chi connectivity index (χ2n) is 8.11. The SMILES string of the molecule is CC(CN(C)C(=O)C(CC(F)F)NC(=O)OCC1c2ccccc2-c2ccccc21)C(=O)O. The highest BCUT2D eigenvalue weighted by Gasteiger charge is 2.32. The van der Waals surface area contributed by atoms with Gasteiger partial charge < -0.3 is 20.1 Å². The number of carboxylic acid groups (broad SMARTS) is 1. The van der Waals surface area contributed by atoms with Gasteiger partial charge in [0, 0.05) is 25.9 Å². The number of carboxylic acids is 1. The molecule has 0 saturated carbocycles. The Labute approximate surface area is 190 Å². The Morgan fingerprint density at radius 1 is 1.06 bits per heavy atom. The average Bonchev–Trinajstić information content (AvgIpc) is 3.10. The monoisotopic (exact) mass is 460 g/mol. The molecule has 0 heterocycles. The van der Waals surface area contributed by atoms with Crippen molar-refractivity contribution in [3.8, 4) is 11.1 Å². The summed E-state index contributed by atoms with van der Waals surface area (Å²) in [5, 5.41) is 11.2. The molecule has 2 aromatic carbocycles. The number of fused-ring (bicyclic) bond motifs is 3. The molecule has 0 bridgehead atoms. The predicted octanol–water partition coefficient (Wildman–Crippen LogP) is 3.73. The highest BCUT2D eigenvalue weighted by Crippen LogP contribution is 2.44. The first-order valence-electron chi connectivity index (χ1n) is 10.6. The average molecular weight is 460 g/mol. The molecule has 0 aliphatic heterocycles. The highest BCUT2D eigenvalue weighted by molar-refractivity contribution is 5.86. The van der Waals surface area contributed by atoms with Crippen molar-refractivity contribution in [3.05, 3.63) is 59.7 Å². The van der Waals surface area contributed by atoms with Crippen LogP contribution in [0.3, 0.4) is 0 Å². The van der Waals surface area contributed by atoms with Gasteiger partial charge in [-0.25, -0.2) is 13.6 Å². The fourth-order valence-electron chi connectivity index (χ4n) is 4.03. The lowest BCUT2D eigenvalue weighted by Gasteiger charge is -2.25. The number of halogens is 2. The van der Waals surface area contributed by atoms with Crippen molar-refractivity contribution in [2.24, 2.45) is 5.92 Å². The summed E-state index contributed by atoms with van der Waals surface area (Å²) >= 11 is 0. The quantitative estimate of drug-likeness (QED) is 0.595. The molecule has 176 valence electrons. The lowest BCUT2D eigenvalue weighted by Crippen LogP contribution is -2.49. The molecule has 2 unspecified atom stereocenters. The van der Waals surface area contributed by atoms with E-state index in [1.807, 2.05) is 48.5 Å². The highest BCUT2D eigenvalue weighted by atomic mass is 19.3. The van der Waals surface area contributed by atoms with Crippen LogP contribution in [0.1, 0.15) is 30.4 Å². The van der Waals surface area contributed by atoms with E-state index in [0.717, 1.165) is 27.2 Å². The number of alkyl halides is 2. The molecule has 0 aromatic heterocycles. The molecule has 33 heavy (non-hydrogen) atoms. The fourth-order valence-corrected chi connectivity index (χ4v) is 4.03. The van der Waals surface area contributed by atoms with Gasteiger partial charge in [0.15, 0.2) is 0 Å². The molecule has 7 nitrogen and oxygen atoms in total. The summed E-state index contributed by atoms with van der Waals surface area (Å²) in [7, 11) is 1.31. The predicted molar refractivity (Wildman–Crippen MR) is 117 cm³/mol. The number of alkyl carbamates (subject to hydrolysis) is 1. The summed E-state index contributed by atoms with van der Waals surface area (Å²) < 4.78 is 31.5. The lowest BCUT2D eigenvalue weighted by atomic mass is 9.98. The van der Waals surface area contributed by atoms with Gasteiger partial charge >= 0.3 is 12.1 Å². The molecule has 2 N–H and O–H groups in total. The van der Waals surface area contributed by atoms with Gasteiger partial charge in [-0.1, -0.05) is 55.5 Å². The number of hydrogen-bond donors (Lipinski definition) is 2. The van der Waals surface area contributed by atoms with Gasteiger partial charge in [-0.05, 0) is 22.3 Å². The van der Waals surface area contributed by atoms with Gasteiger partial charge in [0.2, 0.25) is 12.3 Å². The Balaban J connectivity index is 1.66. The van der Waals surface area contributed by atoms with Crippen molar-refractivity contribution in [2.45, 2.75) is 31.7 Å². The van der Waals surface area contributed by atoms with Crippen LogP contribution in [0, 0.1) is 5.92 Å². The van der Waals surface area contributed by atoms with E-state index in [1.165, 1.54) is 14.0 Å². The summed E-state index contributed by atoms with van der Waals surface area (Å²) in [4.78, 5) is 37.1. The normalized spacial score (nSPS) is 14.2. The number of nitrogens with one attached hydrogen (secondary N) is 1. The van der Waals surface area contributed by atoms with E-state index in [4.69, 9.17) is 9.84 Å². The van der Waals surface area contributed by atoms with Gasteiger partial charge in [-0.2, -0.15) is 0 Å². The lowest BCUT2D eigenvalue weighted by molar-refractivity contribution is -0.143. The Hall–Kier alpha value is -3.49. The van der Waals surface area contributed by atoms with Crippen molar-refractivity contribution in [1.82, 2.24) is 10.2 Å². The van der Waals surface area contributed by atoms with Crippen LogP contribution in [0.5, 0.6) is 0 Å². The maximum absolute atomic E-state index is 13.1. The second kappa shape index (κ2) is 10.4. The van der Waals surface area contributed by atoms with E-state index in [0.29, 0.717) is 0 Å². The third-order valence-electron chi connectivity index (χ3n) is 5.69. The van der Waals surface area contributed by atoms with Crippen LogP contribution in [0.2, 0.25) is 0 Å². The minimum atomic E-state index is -2.85. The zero-order chi connectivity index (χ0) is 24.1. The summed E-state index contributed by atoms with van der Waals surface area (Å²) in [5.74, 6) is -3.03. The number of carbonyl (C=O) groups excluding carboxylic acids is 2. The third kappa shape index (κ3) is 5.66. The molecular formula is C24H26F2N2O5. The van der Waals surface area contributed by atoms with Crippen molar-refractivity contribution in [3.63, 3.8) is 0 Å². The molecule has 1 aliphatic carbocycles. The molecule has 1 aliphatic rings. The van der Waals surface area contributed by atoms with E-state index in [9.17, 15) is 23.2 Å². The van der Waals surface area contributed by atoms with Gasteiger partial charge in [0.05, 0.1) is 5.92 Å². The number of aliphatic carboxylic acids is 1. The number of carbonyl (C=O) groups is 3. The van der Waals surface area contributed by atoms with Gasteiger partial charge in [-0.3, -0.25) is 9.59 Å². The standard InChI is InChI=1S/C24H26F2N2O5/c1-14(23(30)31)12-28(2)22(29)20(11-21(25)26)27-24(32)33-13-19-17-9-5-3-7-15(17)16-8-4-6-10-18(16)19/h3-10,14,19-21H,11-13H2,1-2H3,(H,27,32)(H,30,31). The third-order valence-corrected chi connectivity index (χ3v) is 5.69. The number of rotatable bonds is 9. The van der Waals surface area contributed by atoms with Gasteiger partial charge in [0.1, 0.15) is 12.6 Å². The molecule has 2 aromatic rings. The fraction of sp³-hybridized carbons (Fsp3) is 0.375. The van der Waals surface area contributed by atoms with Crippen LogP contribution in [-0.4, -0.2) is 60.6 Å². The first-order chi connectivity index (χ1) is 15.7. The van der Waals surface area contributed by atoms with Gasteiger partial charge in [0.25, 0.3) is 0 Å². The molecule has 2 atom stereocenters. The van der Waals surface area contributed by atoms with E-state index in [2.05, 4.69) is 5.32 Å². The minimum Gasteiger partial charge on any atom is -0.481 e. The number of amides is 2. The van der Waals surface area contributed by atoms with Crippen molar-refractivity contribution in [2.75, 3.05) is 20.2 Å². The largest absolute Gasteiger partial charge is 0.481 e. The Bertz CT molecular complexity index is 984. The molecule has 3 rings (SSSR count). The van der Waals surface area contributed by atoms with E-state index in [1.54, 1.807) is 0 Å². The molecule has 0 saturated heterocycles. The van der Waals surface area contributed by atoms with Gasteiger partial charge in [-0.15, -0.1) is 0 Å². The molecule has 9 heteroatoms. The Kier molecular flexibility index (Phi) is 7.63. The molecule has 0 spiro atoms. The van der Waals surface area contributed by atoms with Crippen molar-refractivity contribution >= 4 is 18.0 Å². The molecule has 2 amide bonds. The number of ether oxygens (including phenoxy) is 1. The van der Waals surface area contributed by atoms with E-state index in [-0.39, 0.29) is 19.1 Å². The van der Waals surface area contributed by atoms with E-state index < -0.39 is 42.8 Å². The Morgan fingerprint density at radius 3 is 2.12 bits per heavy atom. The number of hydrogen-bond acceptors (Lipinski definition) is 4. The number of benzene rings is 2. The summed E-state index contributed by atoms with van der Waals surface area (Å²) in [6, 6.07) is 14.0. The number of likely N-dealkylation sites (N-methyl/N-ethyl adjacent to an activating group) is 1. The zero-order valence-corrected chi connectivity index (χ0v) is 18.3. The molecular weight excluding hydrogens is 434 g/mol. The van der Waals surface area contributed by atoms with Crippen LogP contribution in [0.25, 0.3) is 11.1 Å². The summed E-state index contributed by atoms with van der Waals surface area (Å²) in [6.07, 6.45) is -4.75. The molecule has 0 radical (unpaired) electrons. The van der Waals surface area contributed by atoms with Crippen LogP contribution in [-0.2, 0) is 14.3 Å². The Morgan fingerprint density at radius 2 is 1.61 bits per heavy atom. The minimum absolute atomic E-state index is 0.0265. The van der Waals surface area contributed by atoms with Crippen LogP contribution in [0.4, 0.5) is 13.6 Å². The van der Waals surface area contributed by atoms with Crippen molar-refractivity contribution in [1.29, 1.82) is 0 Å². The van der Waals surface area contributed by atoms with Crippen LogP contribution >= 0.6 is 0 Å². The summed E-state index contributed by atoms with van der Waals surface area (Å²) in [5.41, 5.74) is 4.08. The topological polar surface area (TPSA) is 95.9 Å².